The molecule has 4 rings (SSSR count). The molecule has 1 aliphatic heterocycles. The molecule has 0 radical (unpaired) electrons. The normalized spacial score (nSPS) is 19.7. The molecule has 1 atom stereocenters. The molecule has 2 aromatic rings. The fourth-order valence-corrected chi connectivity index (χ4v) is 4.26. The minimum Gasteiger partial charge on any atom is -0.331 e. The van der Waals surface area contributed by atoms with Crippen LogP contribution in [-0.4, -0.2) is 23.3 Å². The average Bonchev–Trinajstić information content (AvgIpc) is 3.32. The van der Waals surface area contributed by atoms with Crippen molar-refractivity contribution in [3.63, 3.8) is 0 Å². The van der Waals surface area contributed by atoms with Gasteiger partial charge in [0.1, 0.15) is 0 Å². The Balaban J connectivity index is 1.61. The van der Waals surface area contributed by atoms with Crippen LogP contribution in [0.5, 0.6) is 0 Å². The van der Waals surface area contributed by atoms with Gasteiger partial charge >= 0.3 is 0 Å². The van der Waals surface area contributed by atoms with Gasteiger partial charge in [-0.1, -0.05) is 12.1 Å². The van der Waals surface area contributed by atoms with Gasteiger partial charge in [0.2, 0.25) is 11.8 Å². The number of carbonyl (C=O) groups excluding carboxylic acids is 2. The Labute approximate surface area is 145 Å². The highest BCUT2D eigenvalue weighted by Crippen LogP contribution is 2.38. The van der Waals surface area contributed by atoms with Crippen LogP contribution in [0.25, 0.3) is 0 Å². The third kappa shape index (κ3) is 2.84. The van der Waals surface area contributed by atoms with Gasteiger partial charge in [0.25, 0.3) is 0 Å². The summed E-state index contributed by atoms with van der Waals surface area (Å²) in [4.78, 5) is 27.3. The van der Waals surface area contributed by atoms with Crippen molar-refractivity contribution in [2.75, 3.05) is 11.9 Å². The quantitative estimate of drug-likeness (QED) is 0.928. The number of amides is 2. The summed E-state index contributed by atoms with van der Waals surface area (Å²) in [6.07, 6.45) is 2.93. The molecule has 2 heterocycles. The fraction of sp³-hybridized carbons (Fsp3) is 0.368. The smallest absolute Gasteiger partial charge is 0.227 e. The van der Waals surface area contributed by atoms with Gasteiger partial charge in [0.05, 0.1) is 6.04 Å². The molecule has 0 unspecified atom stereocenters. The lowest BCUT2D eigenvalue weighted by atomic mass is 9.93. The summed E-state index contributed by atoms with van der Waals surface area (Å²) in [7, 11) is 0. The van der Waals surface area contributed by atoms with Crippen molar-refractivity contribution in [2.45, 2.75) is 32.2 Å². The van der Waals surface area contributed by atoms with Crippen LogP contribution < -0.4 is 5.32 Å². The van der Waals surface area contributed by atoms with Gasteiger partial charge in [-0.2, -0.15) is 0 Å². The van der Waals surface area contributed by atoms with E-state index in [1.54, 1.807) is 18.3 Å². The molecule has 0 spiro atoms. The number of anilines is 1. The first-order valence-corrected chi connectivity index (χ1v) is 9.26. The molecule has 5 heteroatoms. The van der Waals surface area contributed by atoms with Crippen LogP contribution in [0.1, 0.15) is 41.8 Å². The predicted molar refractivity (Wildman–Crippen MR) is 95.0 cm³/mol. The van der Waals surface area contributed by atoms with Crippen LogP contribution in [0.15, 0.2) is 35.7 Å². The van der Waals surface area contributed by atoms with E-state index < -0.39 is 0 Å². The summed E-state index contributed by atoms with van der Waals surface area (Å²) < 4.78 is 0. The molecule has 1 N–H and O–H groups in total. The zero-order valence-corrected chi connectivity index (χ0v) is 14.4. The van der Waals surface area contributed by atoms with E-state index in [9.17, 15) is 9.59 Å². The van der Waals surface area contributed by atoms with Crippen molar-refractivity contribution in [1.82, 2.24) is 4.90 Å². The fourth-order valence-electron chi connectivity index (χ4n) is 3.35. The van der Waals surface area contributed by atoms with E-state index in [1.807, 2.05) is 29.2 Å². The number of hydrogen-bond donors (Lipinski definition) is 1. The van der Waals surface area contributed by atoms with Gasteiger partial charge in [-0.25, -0.2) is 0 Å². The first-order valence-electron chi connectivity index (χ1n) is 8.38. The third-order valence-electron chi connectivity index (χ3n) is 4.81. The largest absolute Gasteiger partial charge is 0.331 e. The maximum Gasteiger partial charge on any atom is 0.227 e. The highest BCUT2D eigenvalue weighted by molar-refractivity contribution is 7.10. The van der Waals surface area contributed by atoms with Crippen molar-refractivity contribution >= 4 is 28.8 Å². The maximum atomic E-state index is 12.1. The number of hydrogen-bond acceptors (Lipinski definition) is 3. The Morgan fingerprint density at radius 1 is 1.17 bits per heavy atom. The summed E-state index contributed by atoms with van der Waals surface area (Å²) in [5.41, 5.74) is 3.15. The lowest BCUT2D eigenvalue weighted by Gasteiger charge is -2.35. The number of nitrogens with zero attached hydrogens (tertiary/aromatic N) is 1. The number of nitrogens with one attached hydrogen (secondary N) is 1. The maximum absolute atomic E-state index is 12.1. The van der Waals surface area contributed by atoms with Crippen LogP contribution in [0, 0.1) is 5.92 Å². The molecule has 24 heavy (non-hydrogen) atoms. The third-order valence-corrected chi connectivity index (χ3v) is 5.81. The zero-order valence-electron chi connectivity index (χ0n) is 13.6. The van der Waals surface area contributed by atoms with Gasteiger partial charge in [-0.15, -0.1) is 11.3 Å². The van der Waals surface area contributed by atoms with Crippen LogP contribution in [0.3, 0.4) is 0 Å². The Hall–Kier alpha value is -2.14. The van der Waals surface area contributed by atoms with Crippen molar-refractivity contribution in [3.8, 4) is 0 Å². The molecule has 1 aliphatic carbocycles. The van der Waals surface area contributed by atoms with Crippen LogP contribution in [-0.2, 0) is 16.0 Å². The number of benzene rings is 1. The standard InChI is InChI=1S/C19H20N2O2S/c1-12(22)21-10-8-17-16(9-11-24-17)18(21)13-4-6-15(7-5-13)20-19(23)14-2-3-14/h4-7,9,11,14,18H,2-3,8,10H2,1H3,(H,20,23)/t18-/m0/s1. The highest BCUT2D eigenvalue weighted by atomic mass is 32.1. The molecule has 4 nitrogen and oxygen atoms in total. The molecule has 2 aliphatic rings. The first-order chi connectivity index (χ1) is 11.6. The van der Waals surface area contributed by atoms with E-state index in [-0.39, 0.29) is 23.8 Å². The SMILES string of the molecule is CC(=O)N1CCc2sccc2[C@@H]1c1ccc(NC(=O)C2CC2)cc1. The Bertz CT molecular complexity index is 777. The van der Waals surface area contributed by atoms with E-state index in [0.29, 0.717) is 0 Å². The van der Waals surface area contributed by atoms with E-state index in [4.69, 9.17) is 0 Å². The highest BCUT2D eigenvalue weighted by Gasteiger charge is 2.32. The lowest BCUT2D eigenvalue weighted by Crippen LogP contribution is -2.38. The average molecular weight is 340 g/mol. The minimum absolute atomic E-state index is 0.0225. The van der Waals surface area contributed by atoms with Gasteiger partial charge in [-0.05, 0) is 54.0 Å². The second kappa shape index (κ2) is 6.06. The molecule has 0 saturated heterocycles. The molecule has 124 valence electrons. The summed E-state index contributed by atoms with van der Waals surface area (Å²) in [6, 6.07) is 10.0. The first kappa shape index (κ1) is 15.4. The van der Waals surface area contributed by atoms with E-state index >= 15 is 0 Å². The molecule has 1 saturated carbocycles. The second-order valence-electron chi connectivity index (χ2n) is 6.55. The predicted octanol–water partition coefficient (Wildman–Crippen LogP) is 3.59. The molecule has 2 amide bonds. The number of carbonyl (C=O) groups is 2. The topological polar surface area (TPSA) is 49.4 Å². The molecule has 0 bridgehead atoms. The molecule has 1 aromatic heterocycles. The monoisotopic (exact) mass is 340 g/mol. The lowest BCUT2D eigenvalue weighted by molar-refractivity contribution is -0.130. The Morgan fingerprint density at radius 2 is 1.92 bits per heavy atom. The number of rotatable bonds is 3. The number of thiophene rings is 1. The van der Waals surface area contributed by atoms with Crippen molar-refractivity contribution < 1.29 is 9.59 Å². The van der Waals surface area contributed by atoms with Crippen LogP contribution >= 0.6 is 11.3 Å². The van der Waals surface area contributed by atoms with Gasteiger partial charge in [0, 0.05) is 30.0 Å². The molecular formula is C19H20N2O2S. The van der Waals surface area contributed by atoms with Crippen LogP contribution in [0.4, 0.5) is 5.69 Å². The zero-order chi connectivity index (χ0) is 16.7. The Kier molecular flexibility index (Phi) is 3.88. The molecule has 1 aromatic carbocycles. The Morgan fingerprint density at radius 3 is 2.58 bits per heavy atom. The number of fused-ring (bicyclic) bond motifs is 1. The molecular weight excluding hydrogens is 320 g/mol. The van der Waals surface area contributed by atoms with E-state index in [0.717, 1.165) is 37.1 Å². The van der Waals surface area contributed by atoms with Crippen molar-refractivity contribution in [1.29, 1.82) is 0 Å². The van der Waals surface area contributed by atoms with Crippen molar-refractivity contribution in [3.05, 3.63) is 51.7 Å². The molecule has 1 fully saturated rings. The summed E-state index contributed by atoms with van der Waals surface area (Å²) in [5, 5.41) is 5.07. The van der Waals surface area contributed by atoms with E-state index in [1.165, 1.54) is 10.4 Å². The van der Waals surface area contributed by atoms with Crippen LogP contribution in [0.2, 0.25) is 0 Å². The summed E-state index contributed by atoms with van der Waals surface area (Å²) in [6.45, 7) is 2.39. The summed E-state index contributed by atoms with van der Waals surface area (Å²) in [5.74, 6) is 0.415. The van der Waals surface area contributed by atoms with Gasteiger partial charge in [-0.3, -0.25) is 9.59 Å². The van der Waals surface area contributed by atoms with E-state index in [2.05, 4.69) is 16.8 Å². The second-order valence-corrected chi connectivity index (χ2v) is 7.55. The van der Waals surface area contributed by atoms with Gasteiger partial charge in [0.15, 0.2) is 0 Å². The summed E-state index contributed by atoms with van der Waals surface area (Å²) >= 11 is 1.76. The van der Waals surface area contributed by atoms with Gasteiger partial charge < -0.3 is 10.2 Å². The minimum atomic E-state index is -0.0225. The van der Waals surface area contributed by atoms with Crippen molar-refractivity contribution in [2.24, 2.45) is 5.92 Å².